The van der Waals surface area contributed by atoms with E-state index in [1.807, 2.05) is 0 Å². The van der Waals surface area contributed by atoms with Crippen molar-refractivity contribution in [1.82, 2.24) is 15.0 Å². The lowest BCUT2D eigenvalue weighted by atomic mass is 9.87. The Balaban J connectivity index is 3.28. The van der Waals surface area contributed by atoms with E-state index >= 15 is 0 Å². The number of carbonyl (C=O) groups is 2. The van der Waals surface area contributed by atoms with Crippen LogP contribution in [0.4, 0.5) is 4.39 Å². The Bertz CT molecular complexity index is 530. The number of esters is 2. The zero-order valence-corrected chi connectivity index (χ0v) is 13.1. The minimum absolute atomic E-state index is 0.00105. The smallest absolute Gasteiger partial charge is 0.321 e. The molecule has 10 heteroatoms. The summed E-state index contributed by atoms with van der Waals surface area (Å²) in [6.07, 6.45) is 1.11. The van der Waals surface area contributed by atoms with Gasteiger partial charge in [0.15, 0.2) is 5.92 Å². The van der Waals surface area contributed by atoms with E-state index in [-0.39, 0.29) is 24.0 Å². The van der Waals surface area contributed by atoms with Crippen molar-refractivity contribution in [3.8, 4) is 0 Å². The fraction of sp³-hybridized carbons (Fsp3) is 0.615. The number of ether oxygens (including phenoxy) is 2. The predicted molar refractivity (Wildman–Crippen MR) is 72.9 cm³/mol. The number of hydrogen-bond acceptors (Lipinski definition) is 8. The molecule has 1 aromatic heterocycles. The number of nitrogens with zero attached hydrogens (tertiary/aromatic N) is 3. The van der Waals surface area contributed by atoms with E-state index in [2.05, 4.69) is 5.10 Å². The van der Waals surface area contributed by atoms with Gasteiger partial charge < -0.3 is 9.47 Å². The lowest BCUT2D eigenvalue weighted by Gasteiger charge is -2.24. The highest BCUT2D eigenvalue weighted by molar-refractivity contribution is 5.96. The Hall–Kier alpha value is -2.04. The van der Waals surface area contributed by atoms with Gasteiger partial charge in [-0.25, -0.2) is 4.68 Å². The van der Waals surface area contributed by atoms with Crippen LogP contribution in [0.3, 0.4) is 0 Å². The van der Waals surface area contributed by atoms with Crippen LogP contribution >= 0.6 is 0 Å². The van der Waals surface area contributed by atoms with Crippen molar-refractivity contribution < 1.29 is 33.9 Å². The summed E-state index contributed by atoms with van der Waals surface area (Å²) in [5, 5.41) is 21.6. The zero-order chi connectivity index (χ0) is 17.6. The molecule has 0 fully saturated rings. The van der Waals surface area contributed by atoms with Gasteiger partial charge in [0.25, 0.3) is 0 Å². The van der Waals surface area contributed by atoms with E-state index in [0.717, 1.165) is 10.9 Å². The molecule has 0 spiro atoms. The maximum Gasteiger partial charge on any atom is 0.321 e. The van der Waals surface area contributed by atoms with E-state index in [0.29, 0.717) is 0 Å². The van der Waals surface area contributed by atoms with Gasteiger partial charge in [-0.05, 0) is 13.8 Å². The van der Waals surface area contributed by atoms with Gasteiger partial charge in [0.1, 0.15) is 0 Å². The summed E-state index contributed by atoms with van der Waals surface area (Å²) >= 11 is 0. The molecular formula is C13H20FN3O6. The second-order valence-electron chi connectivity index (χ2n) is 4.66. The van der Waals surface area contributed by atoms with Crippen molar-refractivity contribution in [3.63, 3.8) is 0 Å². The maximum atomic E-state index is 14.1. The van der Waals surface area contributed by atoms with Crippen LogP contribution in [-0.2, 0) is 26.1 Å². The van der Waals surface area contributed by atoms with Gasteiger partial charge in [0, 0.05) is 18.5 Å². The number of carbonyl (C=O) groups excluding carboxylic acids is 2. The van der Waals surface area contributed by atoms with Crippen molar-refractivity contribution >= 4 is 11.9 Å². The molecule has 0 aliphatic carbocycles. The quantitative estimate of drug-likeness (QED) is 0.401. The van der Waals surface area contributed by atoms with Crippen LogP contribution in [0.15, 0.2) is 6.20 Å². The molecule has 0 aromatic carbocycles. The molecule has 0 saturated carbocycles. The molecule has 130 valence electrons. The number of aromatic nitrogens is 2. The minimum Gasteiger partial charge on any atom is -0.465 e. The van der Waals surface area contributed by atoms with Gasteiger partial charge in [0.2, 0.25) is 5.95 Å². The highest BCUT2D eigenvalue weighted by Gasteiger charge is 2.41. The van der Waals surface area contributed by atoms with E-state index in [4.69, 9.17) is 19.9 Å². The highest BCUT2D eigenvalue weighted by Crippen LogP contribution is 2.29. The summed E-state index contributed by atoms with van der Waals surface area (Å²) in [4.78, 5) is 24.2. The summed E-state index contributed by atoms with van der Waals surface area (Å²) in [5.41, 5.74) is -0.133. The molecule has 0 bridgehead atoms. The molecule has 1 aromatic rings. The number of hydrogen-bond donors (Lipinski definition) is 2. The van der Waals surface area contributed by atoms with Crippen molar-refractivity contribution in [2.45, 2.75) is 19.8 Å². The average Bonchev–Trinajstić information content (AvgIpc) is 2.78. The maximum absolute atomic E-state index is 14.1. The molecule has 0 amide bonds. The average molecular weight is 333 g/mol. The number of rotatable bonds is 8. The van der Waals surface area contributed by atoms with Crippen molar-refractivity contribution in [3.05, 3.63) is 17.7 Å². The van der Waals surface area contributed by atoms with E-state index in [1.165, 1.54) is 7.05 Å². The van der Waals surface area contributed by atoms with Gasteiger partial charge >= 0.3 is 11.9 Å². The van der Waals surface area contributed by atoms with Crippen LogP contribution in [0.1, 0.15) is 25.3 Å². The zero-order valence-electron chi connectivity index (χ0n) is 13.1. The van der Waals surface area contributed by atoms with Gasteiger partial charge in [-0.2, -0.15) is 9.49 Å². The number of halogens is 1. The van der Waals surface area contributed by atoms with E-state index < -0.39 is 36.3 Å². The first-order valence-electron chi connectivity index (χ1n) is 6.99. The summed E-state index contributed by atoms with van der Waals surface area (Å²) in [5.74, 6) is -5.51. The Labute approximate surface area is 132 Å². The Kier molecular flexibility index (Phi) is 7.07. The fourth-order valence-electron chi connectivity index (χ4n) is 2.14. The Morgan fingerprint density at radius 2 is 1.83 bits per heavy atom. The molecule has 0 aliphatic heterocycles. The van der Waals surface area contributed by atoms with Crippen LogP contribution in [0.2, 0.25) is 0 Å². The standard InChI is InChI=1S/C13H20FN3O6/c1-4-22-12(18)10(13(19)23-5-2)9(7-17(20)21)8-6-15-16(3)11(8)14/h6,9-10,20-21H,4-5,7H2,1-3H3. The molecular weight excluding hydrogens is 313 g/mol. The summed E-state index contributed by atoms with van der Waals surface area (Å²) in [6.45, 7) is 2.47. The predicted octanol–water partition coefficient (Wildman–Crippen LogP) is 0.466. The van der Waals surface area contributed by atoms with Crippen LogP contribution in [-0.4, -0.2) is 57.1 Å². The third-order valence-electron chi connectivity index (χ3n) is 3.14. The largest absolute Gasteiger partial charge is 0.465 e. The monoisotopic (exact) mass is 333 g/mol. The molecule has 0 radical (unpaired) electrons. The van der Waals surface area contributed by atoms with Crippen molar-refractivity contribution in [2.24, 2.45) is 13.0 Å². The highest BCUT2D eigenvalue weighted by atomic mass is 19.1. The SMILES string of the molecule is CCOC(=O)C(C(=O)OCC)C(CN(O)O)c1cnn(C)c1F. The van der Waals surface area contributed by atoms with Gasteiger partial charge in [-0.15, -0.1) is 0 Å². The van der Waals surface area contributed by atoms with Gasteiger partial charge in [-0.3, -0.25) is 20.0 Å². The second-order valence-corrected chi connectivity index (χ2v) is 4.66. The topological polar surface area (TPSA) is 114 Å². The van der Waals surface area contributed by atoms with Crippen LogP contribution in [0, 0.1) is 11.9 Å². The van der Waals surface area contributed by atoms with E-state index in [9.17, 15) is 14.0 Å². The molecule has 9 nitrogen and oxygen atoms in total. The lowest BCUT2D eigenvalue weighted by molar-refractivity contribution is -0.309. The summed E-state index contributed by atoms with van der Waals surface area (Å²) in [7, 11) is 1.33. The summed E-state index contributed by atoms with van der Waals surface area (Å²) < 4.78 is 24.7. The van der Waals surface area contributed by atoms with Crippen LogP contribution in [0.5, 0.6) is 0 Å². The first-order chi connectivity index (χ1) is 10.8. The second kappa shape index (κ2) is 8.56. The molecule has 0 aliphatic rings. The van der Waals surface area contributed by atoms with Crippen LogP contribution < -0.4 is 0 Å². The number of aryl methyl sites for hydroxylation is 1. The normalized spacial score (nSPS) is 12.5. The molecule has 1 rings (SSSR count). The van der Waals surface area contributed by atoms with Crippen molar-refractivity contribution in [2.75, 3.05) is 19.8 Å². The minimum atomic E-state index is -1.56. The van der Waals surface area contributed by atoms with Crippen LogP contribution in [0.25, 0.3) is 0 Å². The lowest BCUT2D eigenvalue weighted by Crippen LogP contribution is -2.38. The third kappa shape index (κ3) is 4.71. The molecule has 2 N–H and O–H groups in total. The molecule has 23 heavy (non-hydrogen) atoms. The van der Waals surface area contributed by atoms with Gasteiger partial charge in [-0.1, -0.05) is 5.23 Å². The molecule has 1 atom stereocenters. The Morgan fingerprint density at radius 3 is 2.17 bits per heavy atom. The molecule has 1 unspecified atom stereocenters. The molecule has 0 saturated heterocycles. The van der Waals surface area contributed by atoms with Gasteiger partial charge in [0.05, 0.1) is 26.0 Å². The van der Waals surface area contributed by atoms with E-state index in [1.54, 1.807) is 13.8 Å². The fourth-order valence-corrected chi connectivity index (χ4v) is 2.14. The molecule has 1 heterocycles. The van der Waals surface area contributed by atoms with Crippen molar-refractivity contribution in [1.29, 1.82) is 0 Å². The summed E-state index contributed by atoms with van der Waals surface area (Å²) in [6, 6.07) is 0. The first kappa shape index (κ1) is 19.0. The first-order valence-corrected chi connectivity index (χ1v) is 6.99. The number of hydroxylamine groups is 2. The Morgan fingerprint density at radius 1 is 1.30 bits per heavy atom. The third-order valence-corrected chi connectivity index (χ3v) is 3.14.